The van der Waals surface area contributed by atoms with E-state index in [1.54, 1.807) is 18.2 Å². The van der Waals surface area contributed by atoms with Crippen LogP contribution in [0.3, 0.4) is 0 Å². The molecule has 0 heterocycles. The summed E-state index contributed by atoms with van der Waals surface area (Å²) in [4.78, 5) is 23.5. The Morgan fingerprint density at radius 3 is 2.44 bits per heavy atom. The van der Waals surface area contributed by atoms with Gasteiger partial charge in [-0.15, -0.1) is 0 Å². The van der Waals surface area contributed by atoms with Gasteiger partial charge < -0.3 is 15.4 Å². The maximum absolute atomic E-state index is 12.1. The lowest BCUT2D eigenvalue weighted by Crippen LogP contribution is -2.27. The van der Waals surface area contributed by atoms with Gasteiger partial charge in [0.2, 0.25) is 5.91 Å². The average molecular weight is 409 g/mol. The highest BCUT2D eigenvalue weighted by molar-refractivity contribution is 6.39. The van der Waals surface area contributed by atoms with Crippen molar-refractivity contribution in [2.45, 2.75) is 26.2 Å². The van der Waals surface area contributed by atoms with E-state index in [9.17, 15) is 9.59 Å². The molecule has 2 N–H and O–H groups in total. The molecule has 0 spiro atoms. The van der Waals surface area contributed by atoms with E-state index in [1.807, 2.05) is 31.2 Å². The average Bonchev–Trinajstić information content (AvgIpc) is 2.63. The van der Waals surface area contributed by atoms with E-state index in [0.717, 1.165) is 17.7 Å². The molecule has 0 atom stereocenters. The van der Waals surface area contributed by atoms with Crippen LogP contribution in [0, 0.1) is 0 Å². The first-order chi connectivity index (χ1) is 13.0. The van der Waals surface area contributed by atoms with Gasteiger partial charge in [0, 0.05) is 12.1 Å². The third kappa shape index (κ3) is 6.77. The molecule has 0 bridgehead atoms. The molecule has 144 valence electrons. The minimum absolute atomic E-state index is 0.0419. The van der Waals surface area contributed by atoms with Crippen LogP contribution in [0.15, 0.2) is 42.5 Å². The van der Waals surface area contributed by atoms with Gasteiger partial charge in [-0.1, -0.05) is 54.4 Å². The second kappa shape index (κ2) is 10.8. The second-order valence-corrected chi connectivity index (χ2v) is 6.69. The number of hydrogen-bond acceptors (Lipinski definition) is 4. The van der Waals surface area contributed by atoms with Crippen LogP contribution in [-0.2, 0) is 20.7 Å². The van der Waals surface area contributed by atoms with Crippen LogP contribution in [0.25, 0.3) is 0 Å². The molecule has 0 radical (unpaired) electrons. The molecule has 1 amide bonds. The zero-order chi connectivity index (χ0) is 19.6. The summed E-state index contributed by atoms with van der Waals surface area (Å²) in [7, 11) is 0. The minimum Gasteiger partial charge on any atom is -0.464 e. The van der Waals surface area contributed by atoms with Gasteiger partial charge in [-0.05, 0) is 30.2 Å². The third-order valence-corrected chi connectivity index (χ3v) is 4.37. The van der Waals surface area contributed by atoms with Gasteiger partial charge in [0.25, 0.3) is 0 Å². The quantitative estimate of drug-likeness (QED) is 0.464. The molecule has 0 fully saturated rings. The lowest BCUT2D eigenvalue weighted by molar-refractivity contribution is -0.143. The summed E-state index contributed by atoms with van der Waals surface area (Å²) in [5, 5.41) is 6.86. The van der Waals surface area contributed by atoms with Gasteiger partial charge in [-0.3, -0.25) is 9.59 Å². The molecule has 0 unspecified atom stereocenters. The lowest BCUT2D eigenvalue weighted by atomic mass is 10.1. The van der Waals surface area contributed by atoms with Gasteiger partial charge in [0.1, 0.15) is 6.61 Å². The number of hydrogen-bond donors (Lipinski definition) is 2. The van der Waals surface area contributed by atoms with E-state index >= 15 is 0 Å². The second-order valence-electron chi connectivity index (χ2n) is 5.88. The van der Waals surface area contributed by atoms with E-state index in [2.05, 4.69) is 10.6 Å². The van der Waals surface area contributed by atoms with Crippen molar-refractivity contribution in [3.05, 3.63) is 58.1 Å². The number of anilines is 2. The summed E-state index contributed by atoms with van der Waals surface area (Å²) in [5.41, 5.74) is 2.06. The Bertz CT molecular complexity index is 776. The van der Waals surface area contributed by atoms with E-state index in [-0.39, 0.29) is 24.9 Å². The number of halogens is 2. The minimum atomic E-state index is -0.376. The lowest BCUT2D eigenvalue weighted by Gasteiger charge is -2.14. The number of carbonyl (C=O) groups excluding carboxylic acids is 2. The molecule has 0 aromatic heterocycles. The zero-order valence-corrected chi connectivity index (χ0v) is 16.6. The van der Waals surface area contributed by atoms with Crippen molar-refractivity contribution in [1.29, 1.82) is 0 Å². The highest BCUT2D eigenvalue weighted by Gasteiger charge is 2.12. The number of nitrogens with one attached hydrogen (secondary N) is 2. The molecule has 2 aromatic rings. The van der Waals surface area contributed by atoms with Crippen LogP contribution in [0.2, 0.25) is 10.0 Å². The van der Waals surface area contributed by atoms with Crippen molar-refractivity contribution in [2.75, 3.05) is 18.5 Å². The fourth-order valence-electron chi connectivity index (χ4n) is 2.43. The molecule has 5 nitrogen and oxygen atoms in total. The maximum atomic E-state index is 12.1. The van der Waals surface area contributed by atoms with Crippen LogP contribution in [0.4, 0.5) is 11.4 Å². The number of rotatable bonds is 9. The van der Waals surface area contributed by atoms with Gasteiger partial charge in [0.15, 0.2) is 0 Å². The Morgan fingerprint density at radius 2 is 1.74 bits per heavy atom. The van der Waals surface area contributed by atoms with Crippen LogP contribution >= 0.6 is 23.2 Å². The van der Waals surface area contributed by atoms with Crippen molar-refractivity contribution in [3.8, 4) is 0 Å². The van der Waals surface area contributed by atoms with Crippen LogP contribution in [0.1, 0.15) is 25.3 Å². The fraction of sp³-hybridized carbons (Fsp3) is 0.300. The van der Waals surface area contributed by atoms with E-state index < -0.39 is 0 Å². The topological polar surface area (TPSA) is 67.4 Å². The molecular formula is C20H22Cl2N2O3. The normalized spacial score (nSPS) is 10.3. The smallest absolute Gasteiger partial charge is 0.310 e. The van der Waals surface area contributed by atoms with Gasteiger partial charge in [0.05, 0.1) is 28.7 Å². The number of benzene rings is 2. The first kappa shape index (κ1) is 21.1. The largest absolute Gasteiger partial charge is 0.464 e. The first-order valence-corrected chi connectivity index (χ1v) is 9.48. The summed E-state index contributed by atoms with van der Waals surface area (Å²) >= 11 is 12.4. The predicted octanol–water partition coefficient (Wildman–Crippen LogP) is 4.74. The van der Waals surface area contributed by atoms with Crippen molar-refractivity contribution >= 4 is 46.5 Å². The Kier molecular flexibility index (Phi) is 8.43. The van der Waals surface area contributed by atoms with Gasteiger partial charge in [-0.25, -0.2) is 0 Å². The fourth-order valence-corrected chi connectivity index (χ4v) is 2.92. The van der Waals surface area contributed by atoms with Crippen molar-refractivity contribution in [2.24, 2.45) is 0 Å². The summed E-state index contributed by atoms with van der Waals surface area (Å²) in [6, 6.07) is 12.6. The molecule has 2 aromatic carbocycles. The van der Waals surface area contributed by atoms with Crippen LogP contribution in [-0.4, -0.2) is 25.0 Å². The highest BCUT2D eigenvalue weighted by atomic mass is 35.5. The molecule has 0 aliphatic rings. The highest BCUT2D eigenvalue weighted by Crippen LogP contribution is 2.33. The Hall–Kier alpha value is -2.24. The van der Waals surface area contributed by atoms with Gasteiger partial charge in [-0.2, -0.15) is 0 Å². The van der Waals surface area contributed by atoms with E-state index in [0.29, 0.717) is 28.7 Å². The number of para-hydroxylation sites is 2. The van der Waals surface area contributed by atoms with Gasteiger partial charge >= 0.3 is 5.97 Å². The Morgan fingerprint density at radius 1 is 1.04 bits per heavy atom. The monoisotopic (exact) mass is 408 g/mol. The standard InChI is InChI=1S/C20H22Cl2N2O3/c1-2-6-18(25)23-11-12-27-19(26)13-14-7-3-4-10-17(14)24-20-15(21)8-5-9-16(20)22/h3-5,7-10,24H,2,6,11-13H2,1H3,(H,23,25). The first-order valence-electron chi connectivity index (χ1n) is 8.72. The molecule has 27 heavy (non-hydrogen) atoms. The summed E-state index contributed by atoms with van der Waals surface area (Å²) < 4.78 is 5.19. The third-order valence-electron chi connectivity index (χ3n) is 3.74. The molecule has 2 rings (SSSR count). The maximum Gasteiger partial charge on any atom is 0.310 e. The van der Waals surface area contributed by atoms with Crippen LogP contribution < -0.4 is 10.6 Å². The Labute approximate surface area is 169 Å². The number of amides is 1. The zero-order valence-electron chi connectivity index (χ0n) is 15.1. The summed E-state index contributed by atoms with van der Waals surface area (Å²) in [6.45, 7) is 2.38. The molecule has 0 saturated carbocycles. The Balaban J connectivity index is 1.93. The number of carbonyl (C=O) groups is 2. The molecule has 7 heteroatoms. The van der Waals surface area contributed by atoms with Crippen molar-refractivity contribution < 1.29 is 14.3 Å². The van der Waals surface area contributed by atoms with Crippen molar-refractivity contribution in [3.63, 3.8) is 0 Å². The van der Waals surface area contributed by atoms with Crippen LogP contribution in [0.5, 0.6) is 0 Å². The predicted molar refractivity (Wildman–Crippen MR) is 109 cm³/mol. The number of esters is 1. The van der Waals surface area contributed by atoms with Crippen molar-refractivity contribution in [1.82, 2.24) is 5.32 Å². The molecule has 0 saturated heterocycles. The molecular weight excluding hydrogens is 387 g/mol. The SMILES string of the molecule is CCCC(=O)NCCOC(=O)Cc1ccccc1Nc1c(Cl)cccc1Cl. The number of ether oxygens (including phenoxy) is 1. The van der Waals surface area contributed by atoms with E-state index in [1.165, 1.54) is 0 Å². The summed E-state index contributed by atoms with van der Waals surface area (Å²) in [5.74, 6) is -0.418. The molecule has 0 aliphatic heterocycles. The summed E-state index contributed by atoms with van der Waals surface area (Å²) in [6.07, 6.45) is 1.34. The molecule has 0 aliphatic carbocycles. The van der Waals surface area contributed by atoms with E-state index in [4.69, 9.17) is 27.9 Å².